The molecule has 2 N–H and O–H groups in total. The van der Waals surface area contributed by atoms with Gasteiger partial charge in [0.2, 0.25) is 5.91 Å². The molecule has 0 aromatic carbocycles. The zero-order valence-corrected chi connectivity index (χ0v) is 11.5. The molecule has 1 fully saturated rings. The number of carbonyl (C=O) groups excluding carboxylic acids is 1. The third kappa shape index (κ3) is 3.66. The predicted octanol–water partition coefficient (Wildman–Crippen LogP) is -0.572. The molecule has 100 valence electrons. The molecule has 1 amide bonds. The lowest BCUT2D eigenvalue weighted by Crippen LogP contribution is -2.51. The summed E-state index contributed by atoms with van der Waals surface area (Å²) in [5.74, 6) is 0.163. The normalized spacial score (nSPS) is 27.6. The SMILES string of the molecule is CC1CCN(CCN(C)C)C(CN)C(=O)N1C. The predicted molar refractivity (Wildman–Crippen MR) is 69.8 cm³/mol. The average Bonchev–Trinajstić information content (AvgIpc) is 2.38. The number of rotatable bonds is 4. The quantitative estimate of drug-likeness (QED) is 0.717. The number of nitrogens with two attached hydrogens (primary N) is 1. The van der Waals surface area contributed by atoms with Gasteiger partial charge in [0, 0.05) is 39.3 Å². The Balaban J connectivity index is 2.71. The summed E-state index contributed by atoms with van der Waals surface area (Å²) in [5, 5.41) is 0. The lowest BCUT2D eigenvalue weighted by molar-refractivity contribution is -0.135. The van der Waals surface area contributed by atoms with Crippen molar-refractivity contribution in [2.75, 3.05) is 47.3 Å². The Bertz CT molecular complexity index is 255. The van der Waals surface area contributed by atoms with E-state index in [0.29, 0.717) is 12.6 Å². The minimum atomic E-state index is -0.148. The van der Waals surface area contributed by atoms with Gasteiger partial charge in [-0.25, -0.2) is 0 Å². The highest BCUT2D eigenvalue weighted by Crippen LogP contribution is 2.14. The van der Waals surface area contributed by atoms with Crippen LogP contribution in [0.5, 0.6) is 0 Å². The van der Waals surface area contributed by atoms with E-state index in [-0.39, 0.29) is 11.9 Å². The Morgan fingerprint density at radius 2 is 2.12 bits per heavy atom. The smallest absolute Gasteiger partial charge is 0.241 e. The molecular weight excluding hydrogens is 216 g/mol. The maximum Gasteiger partial charge on any atom is 0.241 e. The molecule has 0 aliphatic carbocycles. The second-order valence-corrected chi connectivity index (χ2v) is 5.18. The molecule has 0 aromatic rings. The van der Waals surface area contributed by atoms with Crippen LogP contribution in [-0.2, 0) is 4.79 Å². The maximum atomic E-state index is 12.2. The highest BCUT2D eigenvalue weighted by Gasteiger charge is 2.32. The van der Waals surface area contributed by atoms with Gasteiger partial charge < -0.3 is 15.5 Å². The summed E-state index contributed by atoms with van der Waals surface area (Å²) in [4.78, 5) is 18.4. The van der Waals surface area contributed by atoms with Crippen LogP contribution in [0.2, 0.25) is 0 Å². The fraction of sp³-hybridized carbons (Fsp3) is 0.917. The van der Waals surface area contributed by atoms with Crippen LogP contribution in [-0.4, -0.2) is 80.0 Å². The Kier molecular flexibility index (Phi) is 5.36. The summed E-state index contributed by atoms with van der Waals surface area (Å²) >= 11 is 0. The van der Waals surface area contributed by atoms with Crippen molar-refractivity contribution >= 4 is 5.91 Å². The first-order valence-corrected chi connectivity index (χ1v) is 6.33. The minimum Gasteiger partial charge on any atom is -0.342 e. The van der Waals surface area contributed by atoms with E-state index in [0.717, 1.165) is 26.1 Å². The molecular formula is C12H26N4O. The molecule has 1 heterocycles. The number of carbonyl (C=O) groups is 1. The Morgan fingerprint density at radius 3 is 2.65 bits per heavy atom. The molecule has 1 aliphatic rings. The molecule has 0 saturated carbocycles. The topological polar surface area (TPSA) is 52.8 Å². The van der Waals surface area contributed by atoms with E-state index in [9.17, 15) is 4.79 Å². The Hall–Kier alpha value is -0.650. The highest BCUT2D eigenvalue weighted by molar-refractivity contribution is 5.82. The number of likely N-dealkylation sites (N-methyl/N-ethyl adjacent to an activating group) is 2. The van der Waals surface area contributed by atoms with Crippen molar-refractivity contribution < 1.29 is 4.79 Å². The van der Waals surface area contributed by atoms with E-state index in [2.05, 4.69) is 16.7 Å². The molecule has 5 nitrogen and oxygen atoms in total. The fourth-order valence-corrected chi connectivity index (χ4v) is 2.16. The summed E-state index contributed by atoms with van der Waals surface area (Å²) in [6.07, 6.45) is 1.02. The average molecular weight is 242 g/mol. The van der Waals surface area contributed by atoms with Crippen molar-refractivity contribution in [3.05, 3.63) is 0 Å². The summed E-state index contributed by atoms with van der Waals surface area (Å²) in [6, 6.07) is 0.158. The van der Waals surface area contributed by atoms with Gasteiger partial charge in [0.15, 0.2) is 0 Å². The van der Waals surface area contributed by atoms with Gasteiger partial charge in [-0.15, -0.1) is 0 Å². The van der Waals surface area contributed by atoms with E-state index < -0.39 is 0 Å². The van der Waals surface area contributed by atoms with Crippen LogP contribution in [0, 0.1) is 0 Å². The number of hydrogen-bond donors (Lipinski definition) is 1. The van der Waals surface area contributed by atoms with Gasteiger partial charge in [-0.1, -0.05) is 0 Å². The van der Waals surface area contributed by atoms with Crippen LogP contribution in [0.15, 0.2) is 0 Å². The Labute approximate surface area is 105 Å². The van der Waals surface area contributed by atoms with Gasteiger partial charge in [0.25, 0.3) is 0 Å². The first-order valence-electron chi connectivity index (χ1n) is 6.33. The maximum absolute atomic E-state index is 12.2. The van der Waals surface area contributed by atoms with Crippen LogP contribution >= 0.6 is 0 Å². The van der Waals surface area contributed by atoms with E-state index in [1.54, 1.807) is 0 Å². The lowest BCUT2D eigenvalue weighted by atomic mass is 10.2. The van der Waals surface area contributed by atoms with E-state index in [1.165, 1.54) is 0 Å². The highest BCUT2D eigenvalue weighted by atomic mass is 16.2. The fourth-order valence-electron chi connectivity index (χ4n) is 2.16. The molecule has 2 atom stereocenters. The van der Waals surface area contributed by atoms with Crippen molar-refractivity contribution in [2.45, 2.75) is 25.4 Å². The van der Waals surface area contributed by atoms with E-state index in [1.807, 2.05) is 26.0 Å². The number of hydrogen-bond acceptors (Lipinski definition) is 4. The zero-order chi connectivity index (χ0) is 13.0. The number of amides is 1. The van der Waals surface area contributed by atoms with Gasteiger partial charge in [-0.05, 0) is 27.4 Å². The molecule has 1 rings (SSSR count). The lowest BCUT2D eigenvalue weighted by Gasteiger charge is -2.29. The molecule has 2 unspecified atom stereocenters. The van der Waals surface area contributed by atoms with Crippen molar-refractivity contribution in [1.82, 2.24) is 14.7 Å². The first-order chi connectivity index (χ1) is 7.97. The van der Waals surface area contributed by atoms with Crippen molar-refractivity contribution in [3.63, 3.8) is 0 Å². The van der Waals surface area contributed by atoms with Crippen LogP contribution in [0.25, 0.3) is 0 Å². The standard InChI is InChI=1S/C12H26N4O/c1-10-5-6-16(8-7-14(2)3)11(9-13)12(17)15(10)4/h10-11H,5-9,13H2,1-4H3. The summed E-state index contributed by atoms with van der Waals surface area (Å²) in [6.45, 7) is 5.32. The van der Waals surface area contributed by atoms with E-state index in [4.69, 9.17) is 5.73 Å². The molecule has 0 aromatic heterocycles. The van der Waals surface area contributed by atoms with Crippen LogP contribution in [0.4, 0.5) is 0 Å². The van der Waals surface area contributed by atoms with Crippen LogP contribution in [0.3, 0.4) is 0 Å². The van der Waals surface area contributed by atoms with E-state index >= 15 is 0 Å². The summed E-state index contributed by atoms with van der Waals surface area (Å²) in [5.41, 5.74) is 5.76. The molecule has 0 radical (unpaired) electrons. The molecule has 0 bridgehead atoms. The van der Waals surface area contributed by atoms with Gasteiger partial charge in [0.05, 0.1) is 0 Å². The molecule has 1 saturated heterocycles. The third-order valence-electron chi connectivity index (χ3n) is 3.63. The van der Waals surface area contributed by atoms with Gasteiger partial charge in [0.1, 0.15) is 6.04 Å². The first kappa shape index (κ1) is 14.4. The van der Waals surface area contributed by atoms with Crippen molar-refractivity contribution in [2.24, 2.45) is 5.73 Å². The zero-order valence-electron chi connectivity index (χ0n) is 11.5. The van der Waals surface area contributed by atoms with Crippen LogP contribution < -0.4 is 5.73 Å². The summed E-state index contributed by atoms with van der Waals surface area (Å²) in [7, 11) is 5.97. The Morgan fingerprint density at radius 1 is 1.47 bits per heavy atom. The summed E-state index contributed by atoms with van der Waals surface area (Å²) < 4.78 is 0. The molecule has 17 heavy (non-hydrogen) atoms. The van der Waals surface area contributed by atoms with Gasteiger partial charge in [-0.2, -0.15) is 0 Å². The van der Waals surface area contributed by atoms with Crippen molar-refractivity contribution in [1.29, 1.82) is 0 Å². The molecule has 0 spiro atoms. The largest absolute Gasteiger partial charge is 0.342 e. The monoisotopic (exact) mass is 242 g/mol. The second-order valence-electron chi connectivity index (χ2n) is 5.18. The molecule has 5 heteroatoms. The van der Waals surface area contributed by atoms with Gasteiger partial charge in [-0.3, -0.25) is 9.69 Å². The van der Waals surface area contributed by atoms with Crippen molar-refractivity contribution in [3.8, 4) is 0 Å². The second kappa shape index (κ2) is 6.33. The molecule has 1 aliphatic heterocycles. The minimum absolute atomic E-state index is 0.148. The third-order valence-corrected chi connectivity index (χ3v) is 3.63. The van der Waals surface area contributed by atoms with Gasteiger partial charge >= 0.3 is 0 Å². The van der Waals surface area contributed by atoms with Crippen LogP contribution in [0.1, 0.15) is 13.3 Å². The number of nitrogens with zero attached hydrogens (tertiary/aromatic N) is 3.